The average Bonchev–Trinajstić information content (AvgIpc) is 2.92. The van der Waals surface area contributed by atoms with Crippen molar-refractivity contribution in [2.45, 2.75) is 26.3 Å². The summed E-state index contributed by atoms with van der Waals surface area (Å²) in [6.07, 6.45) is 2.20. The first-order valence-electron chi connectivity index (χ1n) is 7.60. The van der Waals surface area contributed by atoms with Gasteiger partial charge in [-0.25, -0.2) is 9.02 Å². The molecule has 0 spiro atoms. The smallest absolute Gasteiger partial charge is 0.165 e. The van der Waals surface area contributed by atoms with E-state index in [9.17, 15) is 4.39 Å². The summed E-state index contributed by atoms with van der Waals surface area (Å²) in [6.45, 7) is 5.12. The summed E-state index contributed by atoms with van der Waals surface area (Å²) >= 11 is 0. The number of ether oxygens (including phenoxy) is 1. The third-order valence-electron chi connectivity index (χ3n) is 4.03. The highest BCUT2D eigenvalue weighted by molar-refractivity contribution is 5.23. The van der Waals surface area contributed by atoms with Gasteiger partial charge in [-0.15, -0.1) is 0 Å². The van der Waals surface area contributed by atoms with Gasteiger partial charge in [-0.2, -0.15) is 0 Å². The van der Waals surface area contributed by atoms with Gasteiger partial charge in [0.2, 0.25) is 0 Å². The molecule has 0 unspecified atom stereocenters. The van der Waals surface area contributed by atoms with Crippen molar-refractivity contribution >= 4 is 0 Å². The van der Waals surface area contributed by atoms with E-state index in [0.717, 1.165) is 43.9 Å². The molecule has 1 aliphatic heterocycles. The summed E-state index contributed by atoms with van der Waals surface area (Å²) in [4.78, 5) is 2.32. The molecule has 1 aromatic heterocycles. The van der Waals surface area contributed by atoms with Crippen molar-refractivity contribution < 1.29 is 13.8 Å². The largest absolute Gasteiger partial charge is 0.490 e. The van der Waals surface area contributed by atoms with Crippen LogP contribution in [0.15, 0.2) is 28.9 Å². The van der Waals surface area contributed by atoms with Crippen molar-refractivity contribution in [1.29, 1.82) is 0 Å². The Morgan fingerprint density at radius 3 is 3.00 bits per heavy atom. The molecule has 1 aliphatic rings. The standard InChI is InChI=1S/C16H20FN3O2/c1-12-15(19-22-18-12)10-20-8-4-5-13(9-20)11-21-16-7-3-2-6-14(16)17/h2-3,6-7,13H,4-5,8-11H2,1H3/t13-/m1/s1. The summed E-state index contributed by atoms with van der Waals surface area (Å²) in [7, 11) is 0. The van der Waals surface area contributed by atoms with Crippen LogP contribution in [0.1, 0.15) is 24.2 Å². The first-order chi connectivity index (χ1) is 10.7. The Kier molecular flexibility index (Phi) is 4.68. The van der Waals surface area contributed by atoms with E-state index in [-0.39, 0.29) is 5.82 Å². The monoisotopic (exact) mass is 305 g/mol. The fourth-order valence-corrected chi connectivity index (χ4v) is 2.81. The Bertz CT molecular complexity index is 617. The van der Waals surface area contributed by atoms with Gasteiger partial charge in [0.15, 0.2) is 11.6 Å². The molecule has 2 aromatic rings. The zero-order valence-electron chi connectivity index (χ0n) is 12.7. The maximum absolute atomic E-state index is 13.6. The number of hydrogen-bond donors (Lipinski definition) is 0. The second kappa shape index (κ2) is 6.87. The number of piperidine rings is 1. The lowest BCUT2D eigenvalue weighted by Crippen LogP contribution is -2.37. The minimum absolute atomic E-state index is 0.306. The molecule has 0 amide bonds. The third kappa shape index (κ3) is 3.62. The number of hydrogen-bond acceptors (Lipinski definition) is 5. The van der Waals surface area contributed by atoms with E-state index in [1.54, 1.807) is 18.2 Å². The Hall–Kier alpha value is -1.95. The molecule has 1 saturated heterocycles. The molecule has 22 heavy (non-hydrogen) atoms. The molecular weight excluding hydrogens is 285 g/mol. The second-order valence-corrected chi connectivity index (χ2v) is 5.78. The zero-order chi connectivity index (χ0) is 15.4. The lowest BCUT2D eigenvalue weighted by Gasteiger charge is -2.32. The molecule has 1 fully saturated rings. The number of likely N-dealkylation sites (tertiary alicyclic amines) is 1. The van der Waals surface area contributed by atoms with Crippen molar-refractivity contribution in [3.63, 3.8) is 0 Å². The average molecular weight is 305 g/mol. The minimum Gasteiger partial charge on any atom is -0.490 e. The van der Waals surface area contributed by atoms with Crippen LogP contribution in [0.3, 0.4) is 0 Å². The van der Waals surface area contributed by atoms with E-state index in [4.69, 9.17) is 9.37 Å². The van der Waals surface area contributed by atoms with E-state index in [1.807, 2.05) is 6.92 Å². The molecule has 0 aliphatic carbocycles. The molecule has 0 bridgehead atoms. The van der Waals surface area contributed by atoms with Gasteiger partial charge in [0.25, 0.3) is 0 Å². The highest BCUT2D eigenvalue weighted by Gasteiger charge is 2.22. The number of benzene rings is 1. The molecule has 5 nitrogen and oxygen atoms in total. The van der Waals surface area contributed by atoms with Crippen molar-refractivity contribution in [3.8, 4) is 5.75 Å². The first-order valence-corrected chi connectivity index (χ1v) is 7.60. The number of halogens is 1. The number of rotatable bonds is 5. The molecule has 1 aromatic carbocycles. The normalized spacial score (nSPS) is 19.3. The van der Waals surface area contributed by atoms with Gasteiger partial charge in [0, 0.05) is 19.0 Å². The van der Waals surface area contributed by atoms with Gasteiger partial charge >= 0.3 is 0 Å². The lowest BCUT2D eigenvalue weighted by molar-refractivity contribution is 0.121. The molecule has 0 radical (unpaired) electrons. The molecule has 6 heteroatoms. The zero-order valence-corrected chi connectivity index (χ0v) is 12.7. The highest BCUT2D eigenvalue weighted by Crippen LogP contribution is 2.22. The maximum Gasteiger partial charge on any atom is 0.165 e. The van der Waals surface area contributed by atoms with Gasteiger partial charge in [0.1, 0.15) is 11.4 Å². The summed E-state index contributed by atoms with van der Waals surface area (Å²) in [5.41, 5.74) is 1.72. The van der Waals surface area contributed by atoms with Gasteiger partial charge in [-0.05, 0) is 38.4 Å². The highest BCUT2D eigenvalue weighted by atomic mass is 19.1. The fourth-order valence-electron chi connectivity index (χ4n) is 2.81. The van der Waals surface area contributed by atoms with Gasteiger partial charge in [-0.3, -0.25) is 4.90 Å². The number of nitrogens with zero attached hydrogens (tertiary/aromatic N) is 3. The van der Waals surface area contributed by atoms with E-state index in [0.29, 0.717) is 18.3 Å². The summed E-state index contributed by atoms with van der Waals surface area (Å²) in [5.74, 6) is 0.421. The van der Waals surface area contributed by atoms with Crippen molar-refractivity contribution in [3.05, 3.63) is 41.5 Å². The van der Waals surface area contributed by atoms with Crippen molar-refractivity contribution in [2.75, 3.05) is 19.7 Å². The van der Waals surface area contributed by atoms with Crippen LogP contribution in [0.4, 0.5) is 4.39 Å². The maximum atomic E-state index is 13.6. The van der Waals surface area contributed by atoms with E-state index >= 15 is 0 Å². The Morgan fingerprint density at radius 1 is 1.36 bits per heavy atom. The lowest BCUT2D eigenvalue weighted by atomic mass is 9.99. The molecule has 0 saturated carbocycles. The molecule has 0 N–H and O–H groups in total. The number of para-hydroxylation sites is 1. The Labute approximate surface area is 129 Å². The van der Waals surface area contributed by atoms with Gasteiger partial charge in [0.05, 0.1) is 6.61 Å². The third-order valence-corrected chi connectivity index (χ3v) is 4.03. The fraction of sp³-hybridized carbons (Fsp3) is 0.500. The van der Waals surface area contributed by atoms with E-state index < -0.39 is 0 Å². The SMILES string of the molecule is Cc1nonc1CN1CCC[C@@H](COc2ccccc2F)C1. The van der Waals surface area contributed by atoms with Crippen molar-refractivity contribution in [1.82, 2.24) is 15.2 Å². The number of aromatic nitrogens is 2. The van der Waals surface area contributed by atoms with Crippen LogP contribution < -0.4 is 4.74 Å². The quantitative estimate of drug-likeness (QED) is 0.850. The summed E-state index contributed by atoms with van der Waals surface area (Å²) < 4.78 is 23.9. The van der Waals surface area contributed by atoms with E-state index in [1.165, 1.54) is 6.07 Å². The van der Waals surface area contributed by atoms with Crippen LogP contribution in [-0.4, -0.2) is 34.9 Å². The molecule has 2 heterocycles. The summed E-state index contributed by atoms with van der Waals surface area (Å²) in [6, 6.07) is 6.54. The number of aryl methyl sites for hydroxylation is 1. The second-order valence-electron chi connectivity index (χ2n) is 5.78. The van der Waals surface area contributed by atoms with Crippen molar-refractivity contribution in [2.24, 2.45) is 5.92 Å². The van der Waals surface area contributed by atoms with Crippen LogP contribution in [0.25, 0.3) is 0 Å². The van der Waals surface area contributed by atoms with Crippen LogP contribution in [-0.2, 0) is 6.54 Å². The molecule has 3 rings (SSSR count). The Morgan fingerprint density at radius 2 is 2.23 bits per heavy atom. The summed E-state index contributed by atoms with van der Waals surface area (Å²) in [5, 5.41) is 7.74. The Balaban J connectivity index is 1.52. The van der Waals surface area contributed by atoms with Crippen LogP contribution in [0.2, 0.25) is 0 Å². The first kappa shape index (κ1) is 15.0. The predicted octanol–water partition coefficient (Wildman–Crippen LogP) is 2.81. The molecule has 1 atom stereocenters. The molecule has 118 valence electrons. The van der Waals surface area contributed by atoms with Gasteiger partial charge in [-0.1, -0.05) is 22.4 Å². The molecular formula is C16H20FN3O2. The topological polar surface area (TPSA) is 51.4 Å². The van der Waals surface area contributed by atoms with Crippen LogP contribution >= 0.6 is 0 Å². The van der Waals surface area contributed by atoms with Crippen LogP contribution in [0.5, 0.6) is 5.75 Å². The van der Waals surface area contributed by atoms with Gasteiger partial charge < -0.3 is 4.74 Å². The predicted molar refractivity (Wildman–Crippen MR) is 78.9 cm³/mol. The van der Waals surface area contributed by atoms with E-state index in [2.05, 4.69) is 15.2 Å². The van der Waals surface area contributed by atoms with Crippen LogP contribution in [0, 0.1) is 18.7 Å². The minimum atomic E-state index is -0.306.